The van der Waals surface area contributed by atoms with E-state index in [0.717, 1.165) is 49.4 Å². The molecule has 27 heavy (non-hydrogen) atoms. The molecule has 5 heteroatoms. The van der Waals surface area contributed by atoms with E-state index in [1.807, 2.05) is 49.1 Å². The summed E-state index contributed by atoms with van der Waals surface area (Å²) in [6, 6.07) is 13.6. The zero-order chi connectivity index (χ0) is 19.4. The summed E-state index contributed by atoms with van der Waals surface area (Å²) in [6.45, 7) is 9.34. The van der Waals surface area contributed by atoms with Crippen LogP contribution in [0.15, 0.2) is 42.5 Å². The predicted octanol–water partition coefficient (Wildman–Crippen LogP) is 3.19. The van der Waals surface area contributed by atoms with Gasteiger partial charge < -0.3 is 9.64 Å². The summed E-state index contributed by atoms with van der Waals surface area (Å²) in [5.41, 5.74) is 3.89. The Balaban J connectivity index is 1.59. The largest absolute Gasteiger partial charge is 0.426 e. The molecule has 0 spiro atoms. The van der Waals surface area contributed by atoms with E-state index in [1.54, 1.807) is 0 Å². The van der Waals surface area contributed by atoms with Crippen molar-refractivity contribution < 1.29 is 14.3 Å². The standard InChI is InChI=1S/C22H26N2O3/c1-16-13-19(14-17(2)21(16)27-18(3)25)15-23-9-11-24(12-10-23)22(26)20-7-5-4-6-8-20/h4-8,13-14H,9-12,15H2,1-3H3. The molecular formula is C22H26N2O3. The average molecular weight is 366 g/mol. The second-order valence-corrected chi connectivity index (χ2v) is 7.09. The Bertz CT molecular complexity index is 802. The van der Waals surface area contributed by atoms with E-state index in [-0.39, 0.29) is 11.9 Å². The van der Waals surface area contributed by atoms with Crippen LogP contribution in [0, 0.1) is 13.8 Å². The highest BCUT2D eigenvalue weighted by atomic mass is 16.5. The fourth-order valence-electron chi connectivity index (χ4n) is 3.57. The molecule has 1 saturated heterocycles. The zero-order valence-electron chi connectivity index (χ0n) is 16.2. The number of piperazine rings is 1. The highest BCUT2D eigenvalue weighted by Crippen LogP contribution is 2.26. The predicted molar refractivity (Wildman–Crippen MR) is 105 cm³/mol. The molecule has 0 bridgehead atoms. The molecule has 1 fully saturated rings. The molecule has 0 N–H and O–H groups in total. The molecule has 2 aromatic carbocycles. The van der Waals surface area contributed by atoms with Crippen molar-refractivity contribution in [2.24, 2.45) is 0 Å². The van der Waals surface area contributed by atoms with Gasteiger partial charge >= 0.3 is 5.97 Å². The third kappa shape index (κ3) is 4.74. The van der Waals surface area contributed by atoms with Gasteiger partial charge in [-0.05, 0) is 42.7 Å². The first-order chi connectivity index (χ1) is 12.9. The van der Waals surface area contributed by atoms with E-state index in [0.29, 0.717) is 5.75 Å². The van der Waals surface area contributed by atoms with E-state index in [1.165, 1.54) is 12.5 Å². The molecule has 1 amide bonds. The normalized spacial score (nSPS) is 14.9. The monoisotopic (exact) mass is 366 g/mol. The lowest BCUT2D eigenvalue weighted by atomic mass is 10.0. The Morgan fingerprint density at radius 3 is 2.11 bits per heavy atom. The lowest BCUT2D eigenvalue weighted by molar-refractivity contribution is -0.131. The van der Waals surface area contributed by atoms with Gasteiger partial charge in [-0.1, -0.05) is 30.3 Å². The summed E-state index contributed by atoms with van der Waals surface area (Å²) >= 11 is 0. The molecule has 1 aliphatic rings. The Labute approximate surface area is 160 Å². The third-order valence-corrected chi connectivity index (χ3v) is 4.85. The first-order valence-corrected chi connectivity index (χ1v) is 9.29. The number of hydrogen-bond donors (Lipinski definition) is 0. The highest BCUT2D eigenvalue weighted by molar-refractivity contribution is 5.94. The zero-order valence-corrected chi connectivity index (χ0v) is 16.2. The fourth-order valence-corrected chi connectivity index (χ4v) is 3.57. The van der Waals surface area contributed by atoms with Crippen LogP contribution in [0.4, 0.5) is 0 Å². The van der Waals surface area contributed by atoms with E-state index >= 15 is 0 Å². The molecule has 2 aromatic rings. The summed E-state index contributed by atoms with van der Waals surface area (Å²) in [6.07, 6.45) is 0. The van der Waals surface area contributed by atoms with E-state index in [9.17, 15) is 9.59 Å². The minimum absolute atomic E-state index is 0.104. The molecular weight excluding hydrogens is 340 g/mol. The van der Waals surface area contributed by atoms with Crippen LogP contribution in [0.2, 0.25) is 0 Å². The number of hydrogen-bond acceptors (Lipinski definition) is 4. The number of amides is 1. The van der Waals surface area contributed by atoms with Gasteiger partial charge in [0.1, 0.15) is 5.75 Å². The Kier molecular flexibility index (Phi) is 5.91. The average Bonchev–Trinajstić information content (AvgIpc) is 2.65. The van der Waals surface area contributed by atoms with Gasteiger partial charge in [-0.25, -0.2) is 0 Å². The molecule has 0 atom stereocenters. The lowest BCUT2D eigenvalue weighted by Gasteiger charge is -2.35. The number of aryl methyl sites for hydroxylation is 2. The minimum atomic E-state index is -0.298. The number of benzene rings is 2. The molecule has 1 aliphatic heterocycles. The molecule has 3 rings (SSSR count). The van der Waals surface area contributed by atoms with Crippen molar-refractivity contribution in [1.29, 1.82) is 0 Å². The van der Waals surface area contributed by atoms with Crippen molar-refractivity contribution in [3.05, 3.63) is 64.7 Å². The van der Waals surface area contributed by atoms with Crippen LogP contribution in [0.1, 0.15) is 34.0 Å². The number of nitrogens with zero attached hydrogens (tertiary/aromatic N) is 2. The molecule has 1 heterocycles. The number of carbonyl (C=O) groups excluding carboxylic acids is 2. The first-order valence-electron chi connectivity index (χ1n) is 9.29. The lowest BCUT2D eigenvalue weighted by Crippen LogP contribution is -2.48. The second kappa shape index (κ2) is 8.35. The van der Waals surface area contributed by atoms with Gasteiger partial charge in [0, 0.05) is 45.2 Å². The van der Waals surface area contributed by atoms with Gasteiger partial charge in [-0.3, -0.25) is 14.5 Å². The van der Waals surface area contributed by atoms with Crippen molar-refractivity contribution in [3.63, 3.8) is 0 Å². The summed E-state index contributed by atoms with van der Waals surface area (Å²) in [5.74, 6) is 0.463. The van der Waals surface area contributed by atoms with Crippen LogP contribution in [0.25, 0.3) is 0 Å². The third-order valence-electron chi connectivity index (χ3n) is 4.85. The molecule has 0 saturated carbocycles. The smallest absolute Gasteiger partial charge is 0.308 e. The number of rotatable bonds is 4. The number of ether oxygens (including phenoxy) is 1. The maximum atomic E-state index is 12.5. The van der Waals surface area contributed by atoms with Crippen molar-refractivity contribution in [3.8, 4) is 5.75 Å². The fraction of sp³-hybridized carbons (Fsp3) is 0.364. The quantitative estimate of drug-likeness (QED) is 0.616. The summed E-state index contributed by atoms with van der Waals surface area (Å²) in [5, 5.41) is 0. The highest BCUT2D eigenvalue weighted by Gasteiger charge is 2.22. The van der Waals surface area contributed by atoms with E-state index < -0.39 is 0 Å². The Hall–Kier alpha value is -2.66. The van der Waals surface area contributed by atoms with Crippen LogP contribution in [0.5, 0.6) is 5.75 Å². The van der Waals surface area contributed by atoms with Crippen LogP contribution < -0.4 is 4.74 Å². The molecule has 0 unspecified atom stereocenters. The SMILES string of the molecule is CC(=O)Oc1c(C)cc(CN2CCN(C(=O)c3ccccc3)CC2)cc1C. The topological polar surface area (TPSA) is 49.9 Å². The molecule has 0 aromatic heterocycles. The van der Waals surface area contributed by atoms with Crippen molar-refractivity contribution in [2.45, 2.75) is 27.3 Å². The van der Waals surface area contributed by atoms with Gasteiger partial charge in [-0.15, -0.1) is 0 Å². The second-order valence-electron chi connectivity index (χ2n) is 7.09. The van der Waals surface area contributed by atoms with Crippen LogP contribution >= 0.6 is 0 Å². The van der Waals surface area contributed by atoms with Crippen molar-refractivity contribution in [2.75, 3.05) is 26.2 Å². The Morgan fingerprint density at radius 2 is 1.56 bits per heavy atom. The summed E-state index contributed by atoms with van der Waals surface area (Å²) < 4.78 is 5.31. The van der Waals surface area contributed by atoms with Gasteiger partial charge in [0.2, 0.25) is 0 Å². The number of carbonyl (C=O) groups is 2. The van der Waals surface area contributed by atoms with Crippen molar-refractivity contribution in [1.82, 2.24) is 9.80 Å². The Morgan fingerprint density at radius 1 is 0.963 bits per heavy atom. The van der Waals surface area contributed by atoms with Crippen molar-refractivity contribution >= 4 is 11.9 Å². The minimum Gasteiger partial charge on any atom is -0.426 e. The molecule has 5 nitrogen and oxygen atoms in total. The number of esters is 1. The maximum absolute atomic E-state index is 12.5. The van der Waals surface area contributed by atoms with E-state index in [2.05, 4.69) is 17.0 Å². The van der Waals surface area contributed by atoms with Crippen LogP contribution in [-0.4, -0.2) is 47.9 Å². The van der Waals surface area contributed by atoms with Crippen LogP contribution in [0.3, 0.4) is 0 Å². The molecule has 142 valence electrons. The van der Waals surface area contributed by atoms with Gasteiger partial charge in [0.05, 0.1) is 0 Å². The van der Waals surface area contributed by atoms with Gasteiger partial charge in [0.25, 0.3) is 5.91 Å². The first kappa shape index (κ1) is 19.1. The van der Waals surface area contributed by atoms with Gasteiger partial charge in [-0.2, -0.15) is 0 Å². The maximum Gasteiger partial charge on any atom is 0.308 e. The van der Waals surface area contributed by atoms with Crippen LogP contribution in [-0.2, 0) is 11.3 Å². The van der Waals surface area contributed by atoms with Gasteiger partial charge in [0.15, 0.2) is 0 Å². The molecule has 0 radical (unpaired) electrons. The summed E-state index contributed by atoms with van der Waals surface area (Å²) in [7, 11) is 0. The summed E-state index contributed by atoms with van der Waals surface area (Å²) in [4.78, 5) is 28.1. The van der Waals surface area contributed by atoms with E-state index in [4.69, 9.17) is 4.74 Å². The molecule has 0 aliphatic carbocycles.